The highest BCUT2D eigenvalue weighted by atomic mass is 32.1. The number of benzene rings is 1. The molecule has 1 aromatic heterocycles. The van der Waals surface area contributed by atoms with Gasteiger partial charge in [0.05, 0.1) is 12.6 Å². The number of thiazole rings is 1. The third-order valence-electron chi connectivity index (χ3n) is 4.27. The molecule has 0 aliphatic heterocycles. The summed E-state index contributed by atoms with van der Waals surface area (Å²) in [6.45, 7) is 5.20. The van der Waals surface area contributed by atoms with Crippen LogP contribution in [0.2, 0.25) is 0 Å². The van der Waals surface area contributed by atoms with Crippen LogP contribution in [0.1, 0.15) is 35.2 Å². The van der Waals surface area contributed by atoms with Crippen LogP contribution in [0.5, 0.6) is 5.75 Å². The van der Waals surface area contributed by atoms with Crippen LogP contribution >= 0.6 is 11.3 Å². The second-order valence-electron chi connectivity index (χ2n) is 5.72. The average Bonchev–Trinajstić information content (AvgIpc) is 2.94. The molecule has 1 aromatic carbocycles. The van der Waals surface area contributed by atoms with Crippen LogP contribution in [0.25, 0.3) is 0 Å². The van der Waals surface area contributed by atoms with E-state index in [9.17, 15) is 0 Å². The normalized spacial score (nSPS) is 21.1. The van der Waals surface area contributed by atoms with Crippen molar-refractivity contribution in [2.24, 2.45) is 0 Å². The molecule has 0 spiro atoms. The summed E-state index contributed by atoms with van der Waals surface area (Å²) in [5.41, 5.74) is 3.92. The molecule has 2 aromatic rings. The van der Waals surface area contributed by atoms with E-state index in [1.165, 1.54) is 16.1 Å². The van der Waals surface area contributed by atoms with Crippen LogP contribution < -0.4 is 10.1 Å². The van der Waals surface area contributed by atoms with Crippen molar-refractivity contribution < 1.29 is 4.74 Å². The van der Waals surface area contributed by atoms with Gasteiger partial charge < -0.3 is 10.1 Å². The molecule has 4 heteroatoms. The van der Waals surface area contributed by atoms with Crippen LogP contribution in [0.15, 0.2) is 23.6 Å². The van der Waals surface area contributed by atoms with E-state index in [1.807, 2.05) is 0 Å². The van der Waals surface area contributed by atoms with E-state index in [0.29, 0.717) is 0 Å². The van der Waals surface area contributed by atoms with E-state index in [-0.39, 0.29) is 5.54 Å². The van der Waals surface area contributed by atoms with Gasteiger partial charge in [-0.1, -0.05) is 13.0 Å². The van der Waals surface area contributed by atoms with E-state index in [4.69, 9.17) is 9.72 Å². The fourth-order valence-corrected chi connectivity index (χ4v) is 4.22. The summed E-state index contributed by atoms with van der Waals surface area (Å²) in [6.07, 6.45) is 3.18. The summed E-state index contributed by atoms with van der Waals surface area (Å²) >= 11 is 1.77. The van der Waals surface area contributed by atoms with Crippen molar-refractivity contribution in [2.75, 3.05) is 13.7 Å². The lowest BCUT2D eigenvalue weighted by Crippen LogP contribution is -2.46. The Hall–Kier alpha value is -1.39. The minimum Gasteiger partial charge on any atom is -0.497 e. The molecular weight excluding hydrogens is 280 g/mol. The Morgan fingerprint density at radius 3 is 2.90 bits per heavy atom. The first-order valence-corrected chi connectivity index (χ1v) is 8.38. The van der Waals surface area contributed by atoms with Crippen LogP contribution in [0.3, 0.4) is 0 Å². The predicted molar refractivity (Wildman–Crippen MR) is 87.2 cm³/mol. The molecule has 0 radical (unpaired) electrons. The Balaban J connectivity index is 1.99. The van der Waals surface area contributed by atoms with Crippen molar-refractivity contribution in [1.29, 1.82) is 0 Å². The summed E-state index contributed by atoms with van der Waals surface area (Å²) in [5, 5.41) is 7.08. The number of fused-ring (bicyclic) bond motifs is 1. The van der Waals surface area contributed by atoms with Gasteiger partial charge in [-0.15, -0.1) is 11.3 Å². The Kier molecular flexibility index (Phi) is 4.00. The Labute approximate surface area is 130 Å². The number of nitrogens with zero attached hydrogens (tertiary/aromatic N) is 1. The lowest BCUT2D eigenvalue weighted by molar-refractivity contribution is 0.295. The second kappa shape index (κ2) is 5.78. The fourth-order valence-electron chi connectivity index (χ4n) is 3.22. The van der Waals surface area contributed by atoms with Gasteiger partial charge in [-0.2, -0.15) is 0 Å². The molecule has 0 bridgehead atoms. The maximum Gasteiger partial charge on any atom is 0.119 e. The van der Waals surface area contributed by atoms with Crippen molar-refractivity contribution in [3.05, 3.63) is 45.4 Å². The maximum atomic E-state index is 5.38. The average molecular weight is 302 g/mol. The van der Waals surface area contributed by atoms with E-state index in [0.717, 1.165) is 37.3 Å². The van der Waals surface area contributed by atoms with Gasteiger partial charge in [0.25, 0.3) is 0 Å². The summed E-state index contributed by atoms with van der Waals surface area (Å²) < 4.78 is 5.38. The van der Waals surface area contributed by atoms with Gasteiger partial charge in [0.15, 0.2) is 0 Å². The van der Waals surface area contributed by atoms with Gasteiger partial charge in [-0.25, -0.2) is 4.98 Å². The lowest BCUT2D eigenvalue weighted by atomic mass is 9.78. The number of ether oxygens (including phenoxy) is 1. The van der Waals surface area contributed by atoms with Gasteiger partial charge in [0, 0.05) is 11.1 Å². The first-order chi connectivity index (χ1) is 10.2. The molecule has 0 amide bonds. The molecule has 0 fully saturated rings. The Morgan fingerprint density at radius 1 is 1.38 bits per heavy atom. The molecule has 1 heterocycles. The Bertz CT molecular complexity index is 637. The summed E-state index contributed by atoms with van der Waals surface area (Å²) in [7, 11) is 1.73. The molecule has 21 heavy (non-hydrogen) atoms. The van der Waals surface area contributed by atoms with Crippen molar-refractivity contribution in [3.63, 3.8) is 0 Å². The van der Waals surface area contributed by atoms with Crippen LogP contribution in [-0.4, -0.2) is 18.6 Å². The summed E-state index contributed by atoms with van der Waals surface area (Å²) in [5.74, 6) is 0.941. The summed E-state index contributed by atoms with van der Waals surface area (Å²) in [4.78, 5) is 4.77. The zero-order valence-electron chi connectivity index (χ0n) is 12.9. The van der Waals surface area contributed by atoms with Gasteiger partial charge in [0.2, 0.25) is 0 Å². The standard InChI is InChI=1S/C17H22N2OS/c1-4-18-17(16-19-12(2)11-21-16)8-7-13-5-6-15(20-3)9-14(13)10-17/h5-6,9,11,18H,4,7-8,10H2,1-3H3. The monoisotopic (exact) mass is 302 g/mol. The lowest BCUT2D eigenvalue weighted by Gasteiger charge is -2.37. The minimum atomic E-state index is -0.0208. The third-order valence-corrected chi connectivity index (χ3v) is 5.43. The number of nitrogens with one attached hydrogen (secondary N) is 1. The second-order valence-corrected chi connectivity index (χ2v) is 6.58. The van der Waals surface area contributed by atoms with Crippen LogP contribution in [0, 0.1) is 6.92 Å². The fraction of sp³-hybridized carbons (Fsp3) is 0.471. The van der Waals surface area contributed by atoms with Crippen molar-refractivity contribution in [3.8, 4) is 5.75 Å². The zero-order chi connectivity index (χ0) is 14.9. The molecule has 1 aliphatic rings. The highest BCUT2D eigenvalue weighted by Crippen LogP contribution is 2.39. The SMILES string of the molecule is CCNC1(c2nc(C)cs2)CCc2ccc(OC)cc2C1. The van der Waals surface area contributed by atoms with E-state index < -0.39 is 0 Å². The smallest absolute Gasteiger partial charge is 0.119 e. The van der Waals surface area contributed by atoms with Crippen LogP contribution in [-0.2, 0) is 18.4 Å². The highest BCUT2D eigenvalue weighted by Gasteiger charge is 2.37. The molecule has 0 saturated carbocycles. The van der Waals surface area contributed by atoms with Crippen LogP contribution in [0.4, 0.5) is 0 Å². The Morgan fingerprint density at radius 2 is 2.24 bits per heavy atom. The van der Waals surface area contributed by atoms with Crippen molar-refractivity contribution in [1.82, 2.24) is 10.3 Å². The molecule has 1 unspecified atom stereocenters. The largest absolute Gasteiger partial charge is 0.497 e. The molecule has 112 valence electrons. The number of hydrogen-bond donors (Lipinski definition) is 1. The quantitative estimate of drug-likeness (QED) is 0.939. The molecule has 1 atom stereocenters. The number of rotatable bonds is 4. The van der Waals surface area contributed by atoms with Gasteiger partial charge in [0.1, 0.15) is 10.8 Å². The van der Waals surface area contributed by atoms with E-state index in [1.54, 1.807) is 18.4 Å². The minimum absolute atomic E-state index is 0.0208. The molecule has 1 N–H and O–H groups in total. The van der Waals surface area contributed by atoms with Gasteiger partial charge >= 0.3 is 0 Å². The summed E-state index contributed by atoms with van der Waals surface area (Å²) in [6, 6.07) is 6.45. The van der Waals surface area contributed by atoms with Gasteiger partial charge in [-0.05, 0) is 56.0 Å². The van der Waals surface area contributed by atoms with E-state index >= 15 is 0 Å². The number of aryl methyl sites for hydroxylation is 2. The number of hydrogen-bond acceptors (Lipinski definition) is 4. The number of methoxy groups -OCH3 is 1. The molecule has 3 nitrogen and oxygen atoms in total. The molecule has 0 saturated heterocycles. The van der Waals surface area contributed by atoms with E-state index in [2.05, 4.69) is 42.7 Å². The first-order valence-electron chi connectivity index (χ1n) is 7.50. The van der Waals surface area contributed by atoms with Crippen molar-refractivity contribution in [2.45, 2.75) is 38.6 Å². The topological polar surface area (TPSA) is 34.2 Å². The van der Waals surface area contributed by atoms with Gasteiger partial charge in [-0.3, -0.25) is 0 Å². The first kappa shape index (κ1) is 14.5. The third kappa shape index (κ3) is 2.70. The zero-order valence-corrected chi connectivity index (χ0v) is 13.7. The molecule has 3 rings (SSSR count). The number of aromatic nitrogens is 1. The molecular formula is C17H22N2OS. The molecule has 1 aliphatic carbocycles. The highest BCUT2D eigenvalue weighted by molar-refractivity contribution is 7.09. The maximum absolute atomic E-state index is 5.38. The number of likely N-dealkylation sites (N-methyl/N-ethyl adjacent to an activating group) is 1. The predicted octanol–water partition coefficient (Wildman–Crippen LogP) is 3.45. The van der Waals surface area contributed by atoms with Crippen molar-refractivity contribution >= 4 is 11.3 Å².